The first-order valence-corrected chi connectivity index (χ1v) is 7.27. The summed E-state index contributed by atoms with van der Waals surface area (Å²) in [5.41, 5.74) is 8.79. The molecule has 0 fully saturated rings. The molecule has 0 heterocycles. The smallest absolute Gasteiger partial charge is 0.258 e. The molecule has 0 aliphatic heterocycles. The van der Waals surface area contributed by atoms with Crippen LogP contribution in [-0.2, 0) is 0 Å². The zero-order valence-corrected chi connectivity index (χ0v) is 13.7. The molecule has 2 rings (SSSR count). The number of anilines is 2. The highest BCUT2D eigenvalue weighted by Crippen LogP contribution is 2.22. The van der Waals surface area contributed by atoms with Crippen LogP contribution in [0, 0.1) is 0 Å². The van der Waals surface area contributed by atoms with E-state index in [-0.39, 0.29) is 10.9 Å². The molecule has 0 aromatic heterocycles. The van der Waals surface area contributed by atoms with E-state index in [0.717, 1.165) is 5.69 Å². The molecule has 0 spiro atoms. The van der Waals surface area contributed by atoms with Gasteiger partial charge in [0.25, 0.3) is 5.91 Å². The Morgan fingerprint density at radius 3 is 2.14 bits per heavy atom. The van der Waals surface area contributed by atoms with Crippen molar-refractivity contribution >= 4 is 34.5 Å². The van der Waals surface area contributed by atoms with Crippen molar-refractivity contribution in [2.45, 2.75) is 0 Å². The molecule has 0 saturated carbocycles. The van der Waals surface area contributed by atoms with E-state index in [1.165, 1.54) is 0 Å². The quantitative estimate of drug-likeness (QED) is 0.882. The Labute approximate surface area is 136 Å². The van der Waals surface area contributed by atoms with Gasteiger partial charge in [0.1, 0.15) is 4.99 Å². The molecule has 2 N–H and O–H groups in total. The zero-order valence-electron chi connectivity index (χ0n) is 12.9. The predicted molar refractivity (Wildman–Crippen MR) is 95.8 cm³/mol. The van der Waals surface area contributed by atoms with Crippen molar-refractivity contribution in [3.63, 3.8) is 0 Å². The minimum atomic E-state index is -0.103. The minimum Gasteiger partial charge on any atom is -0.389 e. The molecule has 0 atom stereocenters. The Balaban J connectivity index is 2.31. The topological polar surface area (TPSA) is 49.6 Å². The van der Waals surface area contributed by atoms with E-state index < -0.39 is 0 Å². The van der Waals surface area contributed by atoms with Gasteiger partial charge in [0, 0.05) is 38.0 Å². The summed E-state index contributed by atoms with van der Waals surface area (Å²) in [5, 5.41) is 0. The number of hydrogen-bond acceptors (Lipinski definition) is 3. The lowest BCUT2D eigenvalue weighted by Crippen LogP contribution is -2.28. The van der Waals surface area contributed by atoms with Gasteiger partial charge in [-0.15, -0.1) is 0 Å². The fourth-order valence-electron chi connectivity index (χ4n) is 2.18. The molecular weight excluding hydrogens is 294 g/mol. The number of nitrogens with zero attached hydrogens (tertiary/aromatic N) is 2. The van der Waals surface area contributed by atoms with Crippen LogP contribution in [0.3, 0.4) is 0 Å². The summed E-state index contributed by atoms with van der Waals surface area (Å²) < 4.78 is 0. The van der Waals surface area contributed by atoms with Crippen LogP contribution >= 0.6 is 12.2 Å². The molecule has 0 unspecified atom stereocenters. The molecule has 2 aromatic rings. The molecule has 114 valence electrons. The predicted octanol–water partition coefficient (Wildman–Crippen LogP) is 2.66. The van der Waals surface area contributed by atoms with Crippen molar-refractivity contribution in [2.24, 2.45) is 5.73 Å². The van der Waals surface area contributed by atoms with Gasteiger partial charge >= 0.3 is 0 Å². The molecule has 0 aliphatic carbocycles. The average molecular weight is 313 g/mol. The number of thiocarbonyl (C=S) groups is 1. The Morgan fingerprint density at radius 1 is 1.00 bits per heavy atom. The number of para-hydroxylation sites is 1. The van der Waals surface area contributed by atoms with E-state index >= 15 is 0 Å². The second kappa shape index (κ2) is 6.58. The first-order chi connectivity index (χ1) is 10.4. The summed E-state index contributed by atoms with van der Waals surface area (Å²) in [5.74, 6) is -0.103. The summed E-state index contributed by atoms with van der Waals surface area (Å²) in [4.78, 5) is 16.5. The lowest BCUT2D eigenvalue weighted by atomic mass is 10.1. The van der Waals surface area contributed by atoms with E-state index in [2.05, 4.69) is 0 Å². The number of carbonyl (C=O) groups is 1. The van der Waals surface area contributed by atoms with Crippen LogP contribution in [0.5, 0.6) is 0 Å². The van der Waals surface area contributed by atoms with E-state index in [0.29, 0.717) is 16.8 Å². The minimum absolute atomic E-state index is 0.103. The second-order valence-corrected chi connectivity index (χ2v) is 5.63. The molecule has 0 saturated heterocycles. The summed E-state index contributed by atoms with van der Waals surface area (Å²) in [6.45, 7) is 0. The highest BCUT2D eigenvalue weighted by Gasteiger charge is 2.17. The number of carbonyl (C=O) groups excluding carboxylic acids is 1. The molecule has 4 nitrogen and oxygen atoms in total. The van der Waals surface area contributed by atoms with Crippen LogP contribution < -0.4 is 15.5 Å². The van der Waals surface area contributed by atoms with Crippen molar-refractivity contribution in [1.29, 1.82) is 0 Å². The SMILES string of the molecule is CN(C)c1ccc(C(=O)N(C)c2ccccc2C(N)=S)cc1. The van der Waals surface area contributed by atoms with Crippen molar-refractivity contribution in [3.05, 3.63) is 59.7 Å². The van der Waals surface area contributed by atoms with Gasteiger partial charge in [0.2, 0.25) is 0 Å². The number of rotatable bonds is 4. The van der Waals surface area contributed by atoms with Crippen LogP contribution in [0.25, 0.3) is 0 Å². The van der Waals surface area contributed by atoms with Crippen LogP contribution in [0.4, 0.5) is 11.4 Å². The van der Waals surface area contributed by atoms with Gasteiger partial charge in [-0.05, 0) is 36.4 Å². The summed E-state index contributed by atoms with van der Waals surface area (Å²) in [7, 11) is 5.64. The van der Waals surface area contributed by atoms with E-state index in [9.17, 15) is 4.79 Å². The normalized spacial score (nSPS) is 10.1. The third-order valence-electron chi connectivity index (χ3n) is 3.47. The Morgan fingerprint density at radius 2 is 1.59 bits per heavy atom. The maximum absolute atomic E-state index is 12.6. The molecular formula is C17H19N3OS. The lowest BCUT2D eigenvalue weighted by molar-refractivity contribution is 0.0993. The maximum atomic E-state index is 12.6. The van der Waals surface area contributed by atoms with E-state index in [4.69, 9.17) is 18.0 Å². The van der Waals surface area contributed by atoms with E-state index in [1.54, 1.807) is 11.9 Å². The molecule has 2 aromatic carbocycles. The number of benzene rings is 2. The standard InChI is InChI=1S/C17H19N3OS/c1-19(2)13-10-8-12(9-11-13)17(21)20(3)15-7-5-4-6-14(15)16(18)22/h4-11H,1-3H3,(H2,18,22). The van der Waals surface area contributed by atoms with Crippen molar-refractivity contribution in [1.82, 2.24) is 0 Å². The van der Waals surface area contributed by atoms with Gasteiger partial charge in [-0.3, -0.25) is 4.79 Å². The van der Waals surface area contributed by atoms with Gasteiger partial charge in [0.05, 0.1) is 5.69 Å². The Bertz CT molecular complexity index is 695. The second-order valence-electron chi connectivity index (χ2n) is 5.19. The largest absolute Gasteiger partial charge is 0.389 e. The molecule has 0 bridgehead atoms. The molecule has 0 radical (unpaired) electrons. The van der Waals surface area contributed by atoms with Gasteiger partial charge in [-0.2, -0.15) is 0 Å². The monoisotopic (exact) mass is 313 g/mol. The van der Waals surface area contributed by atoms with Crippen LogP contribution in [0.15, 0.2) is 48.5 Å². The molecule has 5 heteroatoms. The van der Waals surface area contributed by atoms with Gasteiger partial charge in [-0.1, -0.05) is 24.4 Å². The number of amides is 1. The van der Waals surface area contributed by atoms with Crippen molar-refractivity contribution in [3.8, 4) is 0 Å². The third kappa shape index (κ3) is 3.26. The lowest BCUT2D eigenvalue weighted by Gasteiger charge is -2.21. The van der Waals surface area contributed by atoms with Gasteiger partial charge in [0.15, 0.2) is 0 Å². The average Bonchev–Trinajstić information content (AvgIpc) is 2.53. The van der Waals surface area contributed by atoms with E-state index in [1.807, 2.05) is 67.5 Å². The maximum Gasteiger partial charge on any atom is 0.258 e. The first-order valence-electron chi connectivity index (χ1n) is 6.86. The summed E-state index contributed by atoms with van der Waals surface area (Å²) >= 11 is 5.05. The number of nitrogens with two attached hydrogens (primary N) is 1. The van der Waals surface area contributed by atoms with Crippen LogP contribution in [0.2, 0.25) is 0 Å². The summed E-state index contributed by atoms with van der Waals surface area (Å²) in [6, 6.07) is 14.8. The third-order valence-corrected chi connectivity index (χ3v) is 3.69. The van der Waals surface area contributed by atoms with Crippen molar-refractivity contribution in [2.75, 3.05) is 30.9 Å². The van der Waals surface area contributed by atoms with Gasteiger partial charge in [-0.25, -0.2) is 0 Å². The van der Waals surface area contributed by atoms with Crippen LogP contribution in [-0.4, -0.2) is 32.0 Å². The first kappa shape index (κ1) is 16.0. The highest BCUT2D eigenvalue weighted by atomic mass is 32.1. The molecule has 1 amide bonds. The van der Waals surface area contributed by atoms with Crippen molar-refractivity contribution < 1.29 is 4.79 Å². The fraction of sp³-hybridized carbons (Fsp3) is 0.176. The fourth-order valence-corrected chi connectivity index (χ4v) is 2.35. The summed E-state index contributed by atoms with van der Waals surface area (Å²) in [6.07, 6.45) is 0. The van der Waals surface area contributed by atoms with Gasteiger partial charge < -0.3 is 15.5 Å². The molecule has 0 aliphatic rings. The number of hydrogen-bond donors (Lipinski definition) is 1. The van der Waals surface area contributed by atoms with Crippen LogP contribution in [0.1, 0.15) is 15.9 Å². The molecule has 22 heavy (non-hydrogen) atoms. The highest BCUT2D eigenvalue weighted by molar-refractivity contribution is 7.80. The Hall–Kier alpha value is -2.40. The Kier molecular flexibility index (Phi) is 4.78. The zero-order chi connectivity index (χ0) is 16.3.